The average molecular weight is 364 g/mol. The largest absolute Gasteiger partial charge is 0.311 e. The van der Waals surface area contributed by atoms with Crippen LogP contribution in [0.5, 0.6) is 0 Å². The van der Waals surface area contributed by atoms with Crippen LogP contribution < -0.4 is 15.7 Å². The van der Waals surface area contributed by atoms with Crippen LogP contribution in [-0.2, 0) is 0 Å². The number of rotatable bonds is 4. The molecule has 1 aliphatic heterocycles. The summed E-state index contributed by atoms with van der Waals surface area (Å²) in [7, 11) is -2.00. The molecule has 0 spiro atoms. The van der Waals surface area contributed by atoms with Gasteiger partial charge in [-0.3, -0.25) is 0 Å². The van der Waals surface area contributed by atoms with Gasteiger partial charge in [0, 0.05) is 6.04 Å². The van der Waals surface area contributed by atoms with E-state index in [1.165, 1.54) is 24.5 Å². The molecule has 2 aromatic carbocycles. The molecule has 0 bridgehead atoms. The Morgan fingerprint density at radius 3 is 1.96 bits per heavy atom. The monoisotopic (exact) mass is 363 g/mol. The van der Waals surface area contributed by atoms with E-state index in [9.17, 15) is 0 Å². The quantitative estimate of drug-likeness (QED) is 0.611. The average Bonchev–Trinajstić information content (AvgIpc) is 2.84. The molecule has 138 valence electrons. The second kappa shape index (κ2) is 7.94. The Hall–Kier alpha value is -1.64. The zero-order valence-corrected chi connectivity index (χ0v) is 17.8. The first-order valence-corrected chi connectivity index (χ1v) is 12.2. The van der Waals surface area contributed by atoms with Gasteiger partial charge in [-0.05, 0) is 37.4 Å². The van der Waals surface area contributed by atoms with E-state index in [-0.39, 0.29) is 5.04 Å². The fourth-order valence-corrected chi connectivity index (χ4v) is 10.2. The van der Waals surface area contributed by atoms with Crippen LogP contribution in [0.4, 0.5) is 0 Å². The van der Waals surface area contributed by atoms with Crippen molar-refractivity contribution in [1.29, 1.82) is 0 Å². The van der Waals surface area contributed by atoms with Crippen LogP contribution in [0.3, 0.4) is 0 Å². The fourth-order valence-electron chi connectivity index (χ4n) is 4.62. The Balaban J connectivity index is 2.16. The van der Waals surface area contributed by atoms with E-state index in [0.717, 1.165) is 6.54 Å². The molecule has 0 radical (unpaired) electrons. The first-order chi connectivity index (χ1) is 12.4. The summed E-state index contributed by atoms with van der Waals surface area (Å²) in [6.45, 7) is 10.8. The summed E-state index contributed by atoms with van der Waals surface area (Å²) in [4.78, 5) is 0. The highest BCUT2D eigenvalue weighted by molar-refractivity contribution is 7.04. The third-order valence-electron chi connectivity index (χ3n) is 5.98. The van der Waals surface area contributed by atoms with Gasteiger partial charge in [0.15, 0.2) is 0 Å². The molecule has 2 aromatic rings. The topological polar surface area (TPSA) is 12.0 Å². The van der Waals surface area contributed by atoms with Crippen molar-refractivity contribution in [3.8, 4) is 0 Å². The molecule has 0 aromatic heterocycles. The zero-order valence-electron chi connectivity index (χ0n) is 16.8. The molecule has 1 unspecified atom stereocenters. The summed E-state index contributed by atoms with van der Waals surface area (Å²) in [6.07, 6.45) is 4.98. The molecule has 1 aliphatic rings. The van der Waals surface area contributed by atoms with E-state index < -0.39 is 8.07 Å². The van der Waals surface area contributed by atoms with Gasteiger partial charge in [-0.25, -0.2) is 0 Å². The lowest BCUT2D eigenvalue weighted by Gasteiger charge is -2.46. The molecule has 1 nitrogen and oxygen atoms in total. The van der Waals surface area contributed by atoms with Gasteiger partial charge in [-0.1, -0.05) is 103 Å². The predicted molar refractivity (Wildman–Crippen MR) is 117 cm³/mol. The Kier molecular flexibility index (Phi) is 5.84. The van der Waals surface area contributed by atoms with Crippen molar-refractivity contribution in [1.82, 2.24) is 5.32 Å². The molecule has 1 N–H and O–H groups in total. The number of benzene rings is 2. The molecular formula is C24H33NSi. The van der Waals surface area contributed by atoms with Crippen LogP contribution in [0, 0.1) is 0 Å². The van der Waals surface area contributed by atoms with Gasteiger partial charge >= 0.3 is 0 Å². The fraction of sp³-hybridized carbons (Fsp3) is 0.417. The minimum Gasteiger partial charge on any atom is -0.311 e. The maximum absolute atomic E-state index is 3.84. The second-order valence-electron chi connectivity index (χ2n) is 8.77. The summed E-state index contributed by atoms with van der Waals surface area (Å²) < 4.78 is 0. The van der Waals surface area contributed by atoms with Crippen LogP contribution in [0.15, 0.2) is 72.3 Å². The summed E-state index contributed by atoms with van der Waals surface area (Å²) in [5.74, 6) is 0. The molecule has 0 aliphatic carbocycles. The van der Waals surface area contributed by atoms with Gasteiger partial charge < -0.3 is 5.32 Å². The van der Waals surface area contributed by atoms with E-state index in [2.05, 4.69) is 99.8 Å². The number of allylic oxidation sites excluding steroid dienone is 1. The van der Waals surface area contributed by atoms with Crippen molar-refractivity contribution in [2.24, 2.45) is 0 Å². The molecule has 3 rings (SSSR count). The number of hydrogen-bond acceptors (Lipinski definition) is 1. The van der Waals surface area contributed by atoms with Gasteiger partial charge in [-0.2, -0.15) is 0 Å². The maximum atomic E-state index is 3.84. The van der Waals surface area contributed by atoms with E-state index in [4.69, 9.17) is 0 Å². The lowest BCUT2D eigenvalue weighted by atomic mass is 10.1. The first-order valence-electron chi connectivity index (χ1n) is 9.95. The Bertz CT molecular complexity index is 688. The number of nitrogens with one attached hydrogen (secondary N) is 1. The van der Waals surface area contributed by atoms with E-state index in [1.807, 2.05) is 0 Å². The summed E-state index contributed by atoms with van der Waals surface area (Å²) >= 11 is 0. The van der Waals surface area contributed by atoms with Crippen molar-refractivity contribution in [2.75, 3.05) is 6.54 Å². The van der Waals surface area contributed by atoms with E-state index in [1.54, 1.807) is 10.4 Å². The van der Waals surface area contributed by atoms with Crippen molar-refractivity contribution in [3.05, 3.63) is 72.3 Å². The molecule has 1 atom stereocenters. The molecule has 0 saturated heterocycles. The van der Waals surface area contributed by atoms with Crippen LogP contribution in [0.2, 0.25) is 11.1 Å². The highest BCUT2D eigenvalue weighted by atomic mass is 28.3. The lowest BCUT2D eigenvalue weighted by molar-refractivity contribution is 0.612. The highest BCUT2D eigenvalue weighted by Gasteiger charge is 2.48. The Morgan fingerprint density at radius 2 is 1.46 bits per heavy atom. The van der Waals surface area contributed by atoms with Crippen molar-refractivity contribution in [2.45, 2.75) is 57.7 Å². The van der Waals surface area contributed by atoms with Crippen molar-refractivity contribution in [3.63, 3.8) is 0 Å². The van der Waals surface area contributed by atoms with Gasteiger partial charge in [0.2, 0.25) is 0 Å². The maximum Gasteiger partial charge on any atom is 0.125 e. The summed E-state index contributed by atoms with van der Waals surface area (Å²) in [6, 6.07) is 24.3. The minimum absolute atomic E-state index is 0.228. The zero-order chi connectivity index (χ0) is 18.6. The van der Waals surface area contributed by atoms with Crippen molar-refractivity contribution >= 4 is 18.4 Å². The summed E-state index contributed by atoms with van der Waals surface area (Å²) in [5.41, 5.74) is 1.54. The first kappa shape index (κ1) is 19.1. The third kappa shape index (κ3) is 3.87. The molecule has 26 heavy (non-hydrogen) atoms. The normalized spacial score (nSPS) is 18.9. The van der Waals surface area contributed by atoms with Gasteiger partial charge in [0.1, 0.15) is 8.07 Å². The third-order valence-corrected chi connectivity index (χ3v) is 12.2. The smallest absolute Gasteiger partial charge is 0.125 e. The second-order valence-corrected chi connectivity index (χ2v) is 13.6. The molecule has 0 fully saturated rings. The van der Waals surface area contributed by atoms with E-state index in [0.29, 0.717) is 6.04 Å². The molecule has 0 saturated carbocycles. The Labute approximate surface area is 160 Å². The molecule has 2 heteroatoms. The van der Waals surface area contributed by atoms with Crippen LogP contribution >= 0.6 is 0 Å². The standard InChI is InChI=1S/C24H33NSi/c1-20-12-11-17-25-21(18-20)19-26(24(2,3)4,22-13-7-5-8-14-22)23-15-9-6-10-16-23/h5-10,13-16,18,21,25H,11-12,17,19H2,1-4H3. The van der Waals surface area contributed by atoms with Gasteiger partial charge in [0.25, 0.3) is 0 Å². The predicted octanol–water partition coefficient (Wildman–Crippen LogP) is 4.75. The Morgan fingerprint density at radius 1 is 0.923 bits per heavy atom. The van der Waals surface area contributed by atoms with Crippen LogP contribution in [0.1, 0.15) is 40.5 Å². The number of hydrogen-bond donors (Lipinski definition) is 1. The van der Waals surface area contributed by atoms with Crippen LogP contribution in [0.25, 0.3) is 0 Å². The molecular weight excluding hydrogens is 330 g/mol. The van der Waals surface area contributed by atoms with Crippen LogP contribution in [-0.4, -0.2) is 20.7 Å². The highest BCUT2D eigenvalue weighted by Crippen LogP contribution is 2.39. The SMILES string of the molecule is CC1=CC(C[Si](c2ccccc2)(c2ccccc2)C(C)(C)C)NCCC1. The van der Waals surface area contributed by atoms with Crippen molar-refractivity contribution < 1.29 is 0 Å². The molecule has 1 heterocycles. The minimum atomic E-state index is -2.00. The van der Waals surface area contributed by atoms with Gasteiger partial charge in [0.05, 0.1) is 0 Å². The van der Waals surface area contributed by atoms with Gasteiger partial charge in [-0.15, -0.1) is 0 Å². The lowest BCUT2D eigenvalue weighted by Crippen LogP contribution is -2.66. The molecule has 0 amide bonds. The van der Waals surface area contributed by atoms with E-state index >= 15 is 0 Å². The summed E-state index contributed by atoms with van der Waals surface area (Å²) in [5, 5.41) is 7.17.